The second-order valence-corrected chi connectivity index (χ2v) is 6.12. The lowest BCUT2D eigenvalue weighted by Crippen LogP contribution is -2.52. The maximum Gasteiger partial charge on any atom is 0.266 e. The number of pyridine rings is 1. The minimum Gasteiger partial charge on any atom is -0.484 e. The van der Waals surface area contributed by atoms with Gasteiger partial charge in [-0.3, -0.25) is 29.6 Å². The highest BCUT2D eigenvalue weighted by Crippen LogP contribution is 2.17. The molecule has 2 aromatic rings. The molecule has 3 N–H and O–H groups in total. The summed E-state index contributed by atoms with van der Waals surface area (Å²) in [6.45, 7) is 2.72. The van der Waals surface area contributed by atoms with Gasteiger partial charge in [0.2, 0.25) is 5.91 Å². The van der Waals surface area contributed by atoms with Crippen LogP contribution in [0.25, 0.3) is 0 Å². The second-order valence-electron chi connectivity index (χ2n) is 6.12. The van der Waals surface area contributed by atoms with Gasteiger partial charge in [0.1, 0.15) is 11.9 Å². The van der Waals surface area contributed by atoms with E-state index in [0.29, 0.717) is 25.4 Å². The maximum absolute atomic E-state index is 12.3. The summed E-state index contributed by atoms with van der Waals surface area (Å²) < 4.78 is 11.3. The first-order valence-electron chi connectivity index (χ1n) is 8.28. The van der Waals surface area contributed by atoms with Gasteiger partial charge in [0.05, 0.1) is 25.3 Å². The molecule has 0 aromatic carbocycles. The van der Waals surface area contributed by atoms with Crippen molar-refractivity contribution in [1.29, 1.82) is 0 Å². The Kier molecular flexibility index (Phi) is 5.47. The Bertz CT molecular complexity index is 874. The number of carbonyl (C=O) groups is 1. The lowest BCUT2D eigenvalue weighted by molar-refractivity contribution is -0.123. The molecule has 1 amide bonds. The quantitative estimate of drug-likeness (QED) is 0.670. The molecule has 26 heavy (non-hydrogen) atoms. The average molecular weight is 360 g/mol. The fourth-order valence-corrected chi connectivity index (χ4v) is 2.71. The molecule has 2 atom stereocenters. The normalized spacial score (nSPS) is 19.7. The van der Waals surface area contributed by atoms with Gasteiger partial charge in [-0.15, -0.1) is 0 Å². The molecule has 138 valence electrons. The van der Waals surface area contributed by atoms with Crippen molar-refractivity contribution in [3.05, 3.63) is 56.4 Å². The topological polar surface area (TPSA) is 126 Å². The van der Waals surface area contributed by atoms with Crippen LogP contribution in [0.1, 0.15) is 17.7 Å². The third-order valence-corrected chi connectivity index (χ3v) is 4.07. The van der Waals surface area contributed by atoms with E-state index in [-0.39, 0.29) is 30.0 Å². The van der Waals surface area contributed by atoms with Gasteiger partial charge in [-0.2, -0.15) is 0 Å². The number of aromatic nitrogens is 3. The molecule has 1 saturated heterocycles. The van der Waals surface area contributed by atoms with Crippen LogP contribution in [-0.4, -0.2) is 46.4 Å². The van der Waals surface area contributed by atoms with Crippen LogP contribution < -0.4 is 21.2 Å². The van der Waals surface area contributed by atoms with E-state index >= 15 is 0 Å². The summed E-state index contributed by atoms with van der Waals surface area (Å²) in [4.78, 5) is 39.5. The van der Waals surface area contributed by atoms with Crippen LogP contribution in [0.4, 0.5) is 0 Å². The van der Waals surface area contributed by atoms with E-state index < -0.39 is 11.1 Å². The van der Waals surface area contributed by atoms with Crippen molar-refractivity contribution >= 4 is 5.91 Å². The predicted octanol–water partition coefficient (Wildman–Crippen LogP) is -0.338. The predicted molar refractivity (Wildman–Crippen MR) is 92.1 cm³/mol. The van der Waals surface area contributed by atoms with E-state index in [2.05, 4.69) is 20.5 Å². The number of hydrogen-bond donors (Lipinski definition) is 3. The molecule has 9 heteroatoms. The molecule has 0 aliphatic carbocycles. The first-order chi connectivity index (χ1) is 12.5. The van der Waals surface area contributed by atoms with E-state index in [1.807, 2.05) is 19.1 Å². The first-order valence-corrected chi connectivity index (χ1v) is 8.28. The monoisotopic (exact) mass is 360 g/mol. The minimum absolute atomic E-state index is 0.110. The van der Waals surface area contributed by atoms with Crippen LogP contribution in [0, 0.1) is 6.92 Å². The van der Waals surface area contributed by atoms with Crippen molar-refractivity contribution in [3.63, 3.8) is 0 Å². The molecule has 1 aliphatic rings. The van der Waals surface area contributed by atoms with Crippen LogP contribution in [0.3, 0.4) is 0 Å². The fourth-order valence-electron chi connectivity index (χ4n) is 2.71. The summed E-state index contributed by atoms with van der Waals surface area (Å²) in [5.74, 6) is 0.236. The molecular weight excluding hydrogens is 340 g/mol. The summed E-state index contributed by atoms with van der Waals surface area (Å²) in [5.41, 5.74) is 0.0282. The number of H-pyrrole nitrogens is 2. The third kappa shape index (κ3) is 4.57. The van der Waals surface area contributed by atoms with Gasteiger partial charge in [-0.25, -0.2) is 0 Å². The van der Waals surface area contributed by atoms with Gasteiger partial charge < -0.3 is 14.8 Å². The number of ether oxygens (including phenoxy) is 2. The highest BCUT2D eigenvalue weighted by Gasteiger charge is 2.29. The standard InChI is InChI=1S/C17H20N4O5/c1-10-2-3-12(8-18-10)26-14-9-25-5-4-13(14)19-15(22)6-11-7-16(23)20-21-17(11)24/h2-3,7-8,13-14H,4-6,9H2,1H3,(H,19,22)(H,20,23)(H,21,24)/t13-,14+/m0/s1. The average Bonchev–Trinajstić information content (AvgIpc) is 2.62. The molecule has 0 bridgehead atoms. The van der Waals surface area contributed by atoms with Crippen molar-refractivity contribution in [3.8, 4) is 5.75 Å². The number of hydrogen-bond acceptors (Lipinski definition) is 6. The van der Waals surface area contributed by atoms with Crippen LogP contribution in [0.15, 0.2) is 34.0 Å². The van der Waals surface area contributed by atoms with Gasteiger partial charge in [-0.1, -0.05) is 0 Å². The van der Waals surface area contributed by atoms with Crippen LogP contribution in [0.5, 0.6) is 5.75 Å². The van der Waals surface area contributed by atoms with Gasteiger partial charge >= 0.3 is 0 Å². The molecule has 0 unspecified atom stereocenters. The summed E-state index contributed by atoms with van der Waals surface area (Å²) >= 11 is 0. The Balaban J connectivity index is 1.64. The number of aromatic amines is 2. The molecule has 1 aliphatic heterocycles. The lowest BCUT2D eigenvalue weighted by Gasteiger charge is -2.32. The highest BCUT2D eigenvalue weighted by atomic mass is 16.5. The Labute approximate surface area is 148 Å². The Morgan fingerprint density at radius 1 is 1.38 bits per heavy atom. The minimum atomic E-state index is -0.495. The number of rotatable bonds is 5. The fraction of sp³-hybridized carbons (Fsp3) is 0.412. The van der Waals surface area contributed by atoms with Crippen LogP contribution in [0.2, 0.25) is 0 Å². The summed E-state index contributed by atoms with van der Waals surface area (Å²) in [5, 5.41) is 7.23. The van der Waals surface area contributed by atoms with Gasteiger partial charge in [0.15, 0.2) is 0 Å². The first kappa shape index (κ1) is 17.9. The SMILES string of the molecule is Cc1ccc(O[C@@H]2COCC[C@@H]2NC(=O)Cc2cc(=O)[nH][nH]c2=O)cn1. The number of nitrogens with zero attached hydrogens (tertiary/aromatic N) is 1. The van der Waals surface area contributed by atoms with E-state index in [4.69, 9.17) is 9.47 Å². The number of nitrogens with one attached hydrogen (secondary N) is 3. The zero-order valence-corrected chi connectivity index (χ0v) is 14.3. The summed E-state index contributed by atoms with van der Waals surface area (Å²) in [7, 11) is 0. The smallest absolute Gasteiger partial charge is 0.266 e. The molecule has 0 radical (unpaired) electrons. The molecule has 3 rings (SSSR count). The van der Waals surface area contributed by atoms with Crippen molar-refractivity contribution in [2.75, 3.05) is 13.2 Å². The number of carbonyl (C=O) groups excluding carboxylic acids is 1. The zero-order valence-electron chi connectivity index (χ0n) is 14.3. The lowest BCUT2D eigenvalue weighted by atomic mass is 10.1. The molecular formula is C17H20N4O5. The molecule has 0 saturated carbocycles. The zero-order chi connectivity index (χ0) is 18.5. The Hall–Kier alpha value is -2.94. The second kappa shape index (κ2) is 7.96. The van der Waals surface area contributed by atoms with Gasteiger partial charge in [-0.05, 0) is 25.5 Å². The maximum atomic E-state index is 12.3. The van der Waals surface area contributed by atoms with Crippen LogP contribution >= 0.6 is 0 Å². The van der Waals surface area contributed by atoms with Gasteiger partial charge in [0, 0.05) is 23.9 Å². The van der Waals surface area contributed by atoms with E-state index in [0.717, 1.165) is 11.8 Å². The third-order valence-electron chi connectivity index (χ3n) is 4.07. The largest absolute Gasteiger partial charge is 0.484 e. The molecule has 2 aromatic heterocycles. The van der Waals surface area contributed by atoms with Gasteiger partial charge in [0.25, 0.3) is 11.1 Å². The molecule has 1 fully saturated rings. The van der Waals surface area contributed by atoms with E-state index in [1.54, 1.807) is 6.20 Å². The van der Waals surface area contributed by atoms with Crippen molar-refractivity contribution in [2.45, 2.75) is 31.9 Å². The molecule has 3 heterocycles. The summed E-state index contributed by atoms with van der Waals surface area (Å²) in [6.07, 6.45) is 1.66. The number of aryl methyl sites for hydroxylation is 1. The number of amides is 1. The van der Waals surface area contributed by atoms with E-state index in [9.17, 15) is 14.4 Å². The molecule has 0 spiro atoms. The Morgan fingerprint density at radius 3 is 3.00 bits per heavy atom. The van der Waals surface area contributed by atoms with Crippen molar-refractivity contribution in [2.24, 2.45) is 0 Å². The Morgan fingerprint density at radius 2 is 2.23 bits per heavy atom. The van der Waals surface area contributed by atoms with E-state index in [1.165, 1.54) is 0 Å². The summed E-state index contributed by atoms with van der Waals surface area (Å²) in [6, 6.07) is 4.50. The highest BCUT2D eigenvalue weighted by molar-refractivity contribution is 5.78. The van der Waals surface area contributed by atoms with Crippen molar-refractivity contribution < 1.29 is 14.3 Å². The van der Waals surface area contributed by atoms with Crippen LogP contribution in [-0.2, 0) is 16.0 Å². The molecule has 9 nitrogen and oxygen atoms in total. The van der Waals surface area contributed by atoms with Crippen molar-refractivity contribution in [1.82, 2.24) is 20.5 Å².